The standard InChI is InChI=1S/C19H18N2O4S/c1-12-4-7-17(24-3)15(8-12)19(23)25-10-18(22)21-16-6-5-14(26-11-20)9-13(16)2/h4-9H,10H2,1-3H3,(H,21,22). The van der Waals surface area contributed by atoms with E-state index in [2.05, 4.69) is 5.32 Å². The zero-order valence-corrected chi connectivity index (χ0v) is 15.5. The number of esters is 1. The smallest absolute Gasteiger partial charge is 0.342 e. The van der Waals surface area contributed by atoms with Crippen molar-refractivity contribution in [3.63, 3.8) is 0 Å². The van der Waals surface area contributed by atoms with E-state index in [0.717, 1.165) is 27.8 Å². The summed E-state index contributed by atoms with van der Waals surface area (Å²) < 4.78 is 10.2. The van der Waals surface area contributed by atoms with Gasteiger partial charge >= 0.3 is 5.97 Å². The molecule has 0 aliphatic carbocycles. The SMILES string of the molecule is COc1ccc(C)cc1C(=O)OCC(=O)Nc1ccc(SC#N)cc1C. The number of thioether (sulfide) groups is 1. The quantitative estimate of drug-likeness (QED) is 0.474. The number of aryl methyl sites for hydroxylation is 2. The highest BCUT2D eigenvalue weighted by Crippen LogP contribution is 2.23. The molecule has 0 fully saturated rings. The average molecular weight is 370 g/mol. The van der Waals surface area contributed by atoms with Crippen LogP contribution in [0.2, 0.25) is 0 Å². The minimum absolute atomic E-state index is 0.273. The number of hydrogen-bond acceptors (Lipinski definition) is 6. The number of nitrogens with one attached hydrogen (secondary N) is 1. The minimum atomic E-state index is -0.627. The third kappa shape index (κ3) is 5.01. The molecule has 2 aromatic carbocycles. The molecule has 134 valence electrons. The monoisotopic (exact) mass is 370 g/mol. The highest BCUT2D eigenvalue weighted by atomic mass is 32.2. The Labute approximate surface area is 156 Å². The Kier molecular flexibility index (Phi) is 6.64. The van der Waals surface area contributed by atoms with Crippen LogP contribution >= 0.6 is 11.8 Å². The van der Waals surface area contributed by atoms with E-state index in [1.807, 2.05) is 25.3 Å². The normalized spacial score (nSPS) is 9.92. The van der Waals surface area contributed by atoms with E-state index in [-0.39, 0.29) is 5.56 Å². The number of amides is 1. The van der Waals surface area contributed by atoms with Crippen LogP contribution in [0.25, 0.3) is 0 Å². The summed E-state index contributed by atoms with van der Waals surface area (Å²) in [5, 5.41) is 13.4. The van der Waals surface area contributed by atoms with Gasteiger partial charge in [0.25, 0.3) is 5.91 Å². The van der Waals surface area contributed by atoms with Crippen molar-refractivity contribution in [2.45, 2.75) is 18.7 Å². The van der Waals surface area contributed by atoms with Crippen molar-refractivity contribution in [2.24, 2.45) is 0 Å². The van der Waals surface area contributed by atoms with Gasteiger partial charge in [0.05, 0.1) is 7.11 Å². The predicted molar refractivity (Wildman–Crippen MR) is 99.3 cm³/mol. The van der Waals surface area contributed by atoms with E-state index in [0.29, 0.717) is 11.4 Å². The van der Waals surface area contributed by atoms with Crippen LogP contribution < -0.4 is 10.1 Å². The van der Waals surface area contributed by atoms with Gasteiger partial charge in [0, 0.05) is 10.6 Å². The first-order valence-corrected chi connectivity index (χ1v) is 8.54. The van der Waals surface area contributed by atoms with Gasteiger partial charge in [-0.3, -0.25) is 4.79 Å². The summed E-state index contributed by atoms with van der Waals surface area (Å²) in [6.45, 7) is 3.25. The van der Waals surface area contributed by atoms with Crippen molar-refractivity contribution in [1.82, 2.24) is 0 Å². The largest absolute Gasteiger partial charge is 0.496 e. The van der Waals surface area contributed by atoms with Gasteiger partial charge in [0.1, 0.15) is 16.7 Å². The zero-order valence-electron chi connectivity index (χ0n) is 14.7. The van der Waals surface area contributed by atoms with Crippen molar-refractivity contribution >= 4 is 29.3 Å². The second-order valence-corrected chi connectivity index (χ2v) is 6.36. The van der Waals surface area contributed by atoms with Crippen molar-refractivity contribution in [3.05, 3.63) is 53.1 Å². The Morgan fingerprint density at radius 1 is 1.19 bits per heavy atom. The molecule has 0 aliphatic heterocycles. The lowest BCUT2D eigenvalue weighted by molar-refractivity contribution is -0.119. The molecular weight excluding hydrogens is 352 g/mol. The molecule has 0 aromatic heterocycles. The molecule has 0 heterocycles. The van der Waals surface area contributed by atoms with Gasteiger partial charge in [0.2, 0.25) is 0 Å². The summed E-state index contributed by atoms with van der Waals surface area (Å²) in [7, 11) is 1.46. The van der Waals surface area contributed by atoms with Crippen LogP contribution in [0.4, 0.5) is 5.69 Å². The molecule has 6 nitrogen and oxygen atoms in total. The number of thiocyanates is 1. The first-order chi connectivity index (χ1) is 12.4. The molecule has 0 saturated carbocycles. The molecule has 1 N–H and O–H groups in total. The van der Waals surface area contributed by atoms with E-state index in [4.69, 9.17) is 14.7 Å². The van der Waals surface area contributed by atoms with Crippen LogP contribution in [-0.4, -0.2) is 25.6 Å². The maximum Gasteiger partial charge on any atom is 0.342 e. The summed E-state index contributed by atoms with van der Waals surface area (Å²) in [5.41, 5.74) is 2.56. The third-order valence-electron chi connectivity index (χ3n) is 3.54. The second-order valence-electron chi connectivity index (χ2n) is 5.50. The highest BCUT2D eigenvalue weighted by Gasteiger charge is 2.16. The first kappa shape index (κ1) is 19.3. The molecule has 2 rings (SSSR count). The summed E-state index contributed by atoms with van der Waals surface area (Å²) in [5.74, 6) is -0.686. The van der Waals surface area contributed by atoms with E-state index in [9.17, 15) is 9.59 Å². The number of methoxy groups -OCH3 is 1. The van der Waals surface area contributed by atoms with Crippen LogP contribution in [0.5, 0.6) is 5.75 Å². The summed E-state index contributed by atoms with van der Waals surface area (Å²) >= 11 is 1.05. The minimum Gasteiger partial charge on any atom is -0.496 e. The summed E-state index contributed by atoms with van der Waals surface area (Å²) in [6, 6.07) is 10.4. The van der Waals surface area contributed by atoms with Crippen LogP contribution in [0.3, 0.4) is 0 Å². The lowest BCUT2D eigenvalue weighted by Crippen LogP contribution is -2.21. The molecule has 0 unspecified atom stereocenters. The highest BCUT2D eigenvalue weighted by molar-refractivity contribution is 8.03. The van der Waals surface area contributed by atoms with Gasteiger partial charge in [-0.25, -0.2) is 4.79 Å². The van der Waals surface area contributed by atoms with Crippen LogP contribution in [-0.2, 0) is 9.53 Å². The molecular formula is C19H18N2O4S. The fourth-order valence-corrected chi connectivity index (χ4v) is 2.75. The summed E-state index contributed by atoms with van der Waals surface area (Å²) in [6.07, 6.45) is 0. The van der Waals surface area contributed by atoms with Gasteiger partial charge in [-0.05, 0) is 61.5 Å². The topological polar surface area (TPSA) is 88.4 Å². The van der Waals surface area contributed by atoms with Gasteiger partial charge in [-0.2, -0.15) is 5.26 Å². The van der Waals surface area contributed by atoms with Gasteiger partial charge < -0.3 is 14.8 Å². The molecule has 0 spiro atoms. The van der Waals surface area contributed by atoms with E-state index >= 15 is 0 Å². The molecule has 0 bridgehead atoms. The molecule has 0 atom stereocenters. The number of ether oxygens (including phenoxy) is 2. The van der Waals surface area contributed by atoms with Gasteiger partial charge in [0.15, 0.2) is 6.61 Å². The van der Waals surface area contributed by atoms with E-state index in [1.165, 1.54) is 7.11 Å². The van der Waals surface area contributed by atoms with Crippen LogP contribution in [0.15, 0.2) is 41.3 Å². The molecule has 1 amide bonds. The maximum atomic E-state index is 12.2. The number of nitrogens with zero attached hydrogens (tertiary/aromatic N) is 1. The number of hydrogen-bond donors (Lipinski definition) is 1. The predicted octanol–water partition coefficient (Wildman–Crippen LogP) is 3.68. The van der Waals surface area contributed by atoms with Crippen LogP contribution in [0, 0.1) is 24.5 Å². The lowest BCUT2D eigenvalue weighted by Gasteiger charge is -2.11. The molecule has 0 radical (unpaired) electrons. The molecule has 0 saturated heterocycles. The maximum absolute atomic E-state index is 12.2. The number of benzene rings is 2. The Bertz CT molecular complexity index is 874. The Balaban J connectivity index is 1.98. The van der Waals surface area contributed by atoms with Crippen molar-refractivity contribution in [1.29, 1.82) is 5.26 Å². The van der Waals surface area contributed by atoms with Gasteiger partial charge in [-0.1, -0.05) is 11.6 Å². The van der Waals surface area contributed by atoms with E-state index < -0.39 is 18.5 Å². The number of anilines is 1. The molecule has 26 heavy (non-hydrogen) atoms. The number of carbonyl (C=O) groups excluding carboxylic acids is 2. The second kappa shape index (κ2) is 8.92. The Hall–Kier alpha value is -2.98. The third-order valence-corrected chi connectivity index (χ3v) is 4.13. The van der Waals surface area contributed by atoms with E-state index in [1.54, 1.807) is 30.3 Å². The van der Waals surface area contributed by atoms with Crippen LogP contribution in [0.1, 0.15) is 21.5 Å². The van der Waals surface area contributed by atoms with Crippen molar-refractivity contribution in [2.75, 3.05) is 19.0 Å². The fraction of sp³-hybridized carbons (Fsp3) is 0.211. The number of nitriles is 1. The Morgan fingerprint density at radius 2 is 1.96 bits per heavy atom. The molecule has 2 aromatic rings. The van der Waals surface area contributed by atoms with Crippen molar-refractivity contribution in [3.8, 4) is 11.2 Å². The van der Waals surface area contributed by atoms with Gasteiger partial charge in [-0.15, -0.1) is 0 Å². The lowest BCUT2D eigenvalue weighted by atomic mass is 10.1. The summed E-state index contributed by atoms with van der Waals surface area (Å²) in [4.78, 5) is 25.0. The Morgan fingerprint density at radius 3 is 2.62 bits per heavy atom. The molecule has 0 aliphatic rings. The first-order valence-electron chi connectivity index (χ1n) is 7.72. The van der Waals surface area contributed by atoms with Crippen molar-refractivity contribution < 1.29 is 19.1 Å². The fourth-order valence-electron chi connectivity index (χ4n) is 2.27. The zero-order chi connectivity index (χ0) is 19.1. The number of carbonyl (C=O) groups is 2. The molecule has 7 heteroatoms. The number of rotatable bonds is 6. The average Bonchev–Trinajstić information content (AvgIpc) is 2.62.